The van der Waals surface area contributed by atoms with E-state index in [0.29, 0.717) is 12.5 Å². The number of allylic oxidation sites excluding steroid dienone is 4. The van der Waals surface area contributed by atoms with Gasteiger partial charge in [0.15, 0.2) is 0 Å². The molecule has 30 heavy (non-hydrogen) atoms. The fourth-order valence-electron chi connectivity index (χ4n) is 4.64. The first kappa shape index (κ1) is 18.9. The predicted octanol–water partition coefficient (Wildman–Crippen LogP) is 6.18. The topological polar surface area (TPSA) is 30.8 Å². The number of ether oxygens (including phenoxy) is 2. The van der Waals surface area contributed by atoms with Gasteiger partial charge < -0.3 is 9.47 Å². The summed E-state index contributed by atoms with van der Waals surface area (Å²) in [6.07, 6.45) is 10.1. The van der Waals surface area contributed by atoms with Crippen molar-refractivity contribution in [1.82, 2.24) is 0 Å². The van der Waals surface area contributed by atoms with Gasteiger partial charge in [0.1, 0.15) is 23.8 Å². The maximum atomic E-state index is 6.25. The Morgan fingerprint density at radius 2 is 1.73 bits per heavy atom. The van der Waals surface area contributed by atoms with Crippen molar-refractivity contribution in [2.45, 2.75) is 38.7 Å². The van der Waals surface area contributed by atoms with E-state index in [2.05, 4.69) is 48.6 Å². The van der Waals surface area contributed by atoms with Gasteiger partial charge in [-0.2, -0.15) is 0 Å². The van der Waals surface area contributed by atoms with Gasteiger partial charge in [-0.1, -0.05) is 48.5 Å². The number of hydrogen-bond donors (Lipinski definition) is 0. The molecule has 0 bridgehead atoms. The molecule has 0 spiro atoms. The molecular weight excluding hydrogens is 370 g/mol. The highest BCUT2D eigenvalue weighted by Crippen LogP contribution is 2.43. The lowest BCUT2D eigenvalue weighted by Gasteiger charge is -2.24. The van der Waals surface area contributed by atoms with E-state index in [9.17, 15) is 0 Å². The van der Waals surface area contributed by atoms with E-state index >= 15 is 0 Å². The van der Waals surface area contributed by atoms with Crippen molar-refractivity contribution in [2.75, 3.05) is 7.11 Å². The third-order valence-corrected chi connectivity index (χ3v) is 6.20. The minimum Gasteiger partial charge on any atom is -0.497 e. The number of rotatable bonds is 6. The lowest BCUT2D eigenvalue weighted by molar-refractivity contribution is 0.206. The smallest absolute Gasteiger partial charge is 0.145 e. The van der Waals surface area contributed by atoms with Gasteiger partial charge >= 0.3 is 0 Å². The van der Waals surface area contributed by atoms with E-state index in [0.717, 1.165) is 36.5 Å². The second-order valence-corrected chi connectivity index (χ2v) is 8.16. The summed E-state index contributed by atoms with van der Waals surface area (Å²) < 4.78 is 11.6. The Hall–Kier alpha value is -3.07. The Kier molecular flexibility index (Phi) is 5.27. The van der Waals surface area contributed by atoms with E-state index in [4.69, 9.17) is 14.5 Å². The Morgan fingerprint density at radius 3 is 2.53 bits per heavy atom. The highest BCUT2D eigenvalue weighted by Gasteiger charge is 2.34. The summed E-state index contributed by atoms with van der Waals surface area (Å²) in [6.45, 7) is 0.570. The molecule has 2 aromatic carbocycles. The number of methoxy groups -OCH3 is 1. The van der Waals surface area contributed by atoms with Crippen molar-refractivity contribution in [2.24, 2.45) is 10.9 Å². The van der Waals surface area contributed by atoms with Crippen LogP contribution in [0.3, 0.4) is 0 Å². The fourth-order valence-corrected chi connectivity index (χ4v) is 4.64. The largest absolute Gasteiger partial charge is 0.497 e. The zero-order chi connectivity index (χ0) is 20.3. The zero-order valence-corrected chi connectivity index (χ0v) is 17.4. The minimum absolute atomic E-state index is 0.340. The van der Waals surface area contributed by atoms with Crippen LogP contribution < -0.4 is 4.74 Å². The summed E-state index contributed by atoms with van der Waals surface area (Å²) >= 11 is 0. The molecule has 0 aromatic heterocycles. The van der Waals surface area contributed by atoms with Gasteiger partial charge in [0, 0.05) is 11.6 Å². The summed E-state index contributed by atoms with van der Waals surface area (Å²) in [5.41, 5.74) is 7.72. The summed E-state index contributed by atoms with van der Waals surface area (Å²) in [4.78, 5) is 5.07. The summed E-state index contributed by atoms with van der Waals surface area (Å²) in [5, 5.41) is 0. The van der Waals surface area contributed by atoms with Crippen molar-refractivity contribution in [3.05, 3.63) is 100 Å². The third-order valence-electron chi connectivity index (χ3n) is 6.20. The number of fused-ring (bicyclic) bond motifs is 2. The van der Waals surface area contributed by atoms with Crippen LogP contribution in [0.15, 0.2) is 94.3 Å². The molecule has 1 heterocycles. The fraction of sp³-hybridized carbons (Fsp3) is 0.296. The van der Waals surface area contributed by atoms with E-state index in [1.54, 1.807) is 7.11 Å². The maximum Gasteiger partial charge on any atom is 0.145 e. The van der Waals surface area contributed by atoms with Crippen LogP contribution in [0.1, 0.15) is 36.8 Å². The number of nitrogens with zero attached hydrogens (tertiary/aromatic N) is 1. The van der Waals surface area contributed by atoms with E-state index in [1.165, 1.54) is 40.8 Å². The third kappa shape index (κ3) is 3.72. The average Bonchev–Trinajstić information content (AvgIpc) is 3.20. The maximum absolute atomic E-state index is 6.25. The van der Waals surface area contributed by atoms with Crippen molar-refractivity contribution in [3.63, 3.8) is 0 Å². The molecule has 5 rings (SSSR count). The Balaban J connectivity index is 1.43. The van der Waals surface area contributed by atoms with Gasteiger partial charge in [0.05, 0.1) is 7.11 Å². The molecule has 1 atom stereocenters. The summed E-state index contributed by atoms with van der Waals surface area (Å²) in [5.74, 6) is 2.15. The normalized spacial score (nSPS) is 20.0. The van der Waals surface area contributed by atoms with Gasteiger partial charge in [-0.15, -0.1) is 0 Å². The summed E-state index contributed by atoms with van der Waals surface area (Å²) in [7, 11) is 1.71. The van der Waals surface area contributed by atoms with Gasteiger partial charge in [-0.3, -0.25) is 0 Å². The molecule has 3 nitrogen and oxygen atoms in total. The number of benzene rings is 2. The molecule has 0 N–H and O–H groups in total. The quantitative estimate of drug-likeness (QED) is 0.583. The van der Waals surface area contributed by atoms with Crippen LogP contribution in [-0.2, 0) is 17.8 Å². The predicted molar refractivity (Wildman–Crippen MR) is 121 cm³/mol. The molecule has 0 radical (unpaired) electrons. The first-order chi connectivity index (χ1) is 14.8. The Morgan fingerprint density at radius 1 is 0.933 bits per heavy atom. The van der Waals surface area contributed by atoms with Crippen molar-refractivity contribution >= 4 is 5.71 Å². The van der Waals surface area contributed by atoms with Crippen molar-refractivity contribution < 1.29 is 9.47 Å². The van der Waals surface area contributed by atoms with Gasteiger partial charge in [0.2, 0.25) is 0 Å². The van der Waals surface area contributed by atoms with Crippen LogP contribution in [0.4, 0.5) is 0 Å². The molecular formula is C27H27NO2. The van der Waals surface area contributed by atoms with E-state index in [1.807, 2.05) is 18.2 Å². The van der Waals surface area contributed by atoms with E-state index < -0.39 is 0 Å². The second kappa shape index (κ2) is 8.35. The number of hydrogen-bond acceptors (Lipinski definition) is 3. The van der Waals surface area contributed by atoms with Gasteiger partial charge in [-0.05, 0) is 72.6 Å². The molecule has 0 amide bonds. The standard InChI is InChI=1S/C27H27NO2/c1-29-22-14-11-19(12-15-22)17-21-13-16-25(30-18-20-7-3-2-4-8-20)27-26(21)23-9-5-6-10-24(23)28-27/h2-4,7-8,11-16,21H,5-6,9-10,17-18H2,1H3. The molecule has 3 aliphatic rings. The van der Waals surface area contributed by atoms with Crippen molar-refractivity contribution in [1.29, 1.82) is 0 Å². The molecule has 1 fully saturated rings. The minimum atomic E-state index is 0.340. The molecule has 1 aliphatic heterocycles. The molecule has 0 saturated heterocycles. The lowest BCUT2D eigenvalue weighted by atomic mass is 9.81. The second-order valence-electron chi connectivity index (χ2n) is 8.16. The first-order valence-corrected chi connectivity index (χ1v) is 10.9. The first-order valence-electron chi connectivity index (χ1n) is 10.9. The highest BCUT2D eigenvalue weighted by atomic mass is 16.5. The molecule has 2 aliphatic carbocycles. The molecule has 3 heteroatoms. The van der Waals surface area contributed by atoms with Crippen LogP contribution in [0.25, 0.3) is 0 Å². The van der Waals surface area contributed by atoms with Gasteiger partial charge in [-0.25, -0.2) is 4.99 Å². The average molecular weight is 398 g/mol. The van der Waals surface area contributed by atoms with Crippen molar-refractivity contribution in [3.8, 4) is 5.75 Å². The zero-order valence-electron chi connectivity index (χ0n) is 17.4. The number of aliphatic imine (C=N–C) groups is 1. The monoisotopic (exact) mass is 397 g/mol. The Bertz CT molecular complexity index is 1040. The highest BCUT2D eigenvalue weighted by molar-refractivity contribution is 6.05. The van der Waals surface area contributed by atoms with E-state index in [-0.39, 0.29) is 0 Å². The molecule has 2 aromatic rings. The van der Waals surface area contributed by atoms with Crippen LogP contribution in [0.2, 0.25) is 0 Å². The van der Waals surface area contributed by atoms with Crippen LogP contribution >= 0.6 is 0 Å². The molecule has 1 unspecified atom stereocenters. The lowest BCUT2D eigenvalue weighted by Crippen LogP contribution is -2.15. The van der Waals surface area contributed by atoms with Crippen LogP contribution in [0.5, 0.6) is 5.75 Å². The summed E-state index contributed by atoms with van der Waals surface area (Å²) in [6, 6.07) is 18.8. The Labute approximate surface area is 178 Å². The SMILES string of the molecule is COc1ccc(CC2C=CC(OCc3ccccc3)=C3N=C4CCCCC4=C32)cc1. The molecule has 152 valence electrons. The molecule has 1 saturated carbocycles. The van der Waals surface area contributed by atoms with Crippen LogP contribution in [-0.4, -0.2) is 12.8 Å². The van der Waals surface area contributed by atoms with Crippen LogP contribution in [0, 0.1) is 5.92 Å². The van der Waals surface area contributed by atoms with Gasteiger partial charge in [0.25, 0.3) is 0 Å².